The first kappa shape index (κ1) is 38.4. The van der Waals surface area contributed by atoms with E-state index in [9.17, 15) is 0 Å². The highest BCUT2D eigenvalue weighted by Gasteiger charge is 2.41. The molecule has 0 atom stereocenters. The van der Waals surface area contributed by atoms with Crippen LogP contribution in [0.25, 0.3) is 60.2 Å². The standard InChI is InChI=1S/C62H44N2Si/c1-5-19-49(20-6-1)64-59-29-16-15-28-58(59)62-60(30-17-31-61(62)64)63(50-37-34-45(35-38-50)47-36-43-57-48(44-47)33-32-46-18-13-14-27-56(46)57)51-39-41-55(42-40-51)65(52-21-7-2-8-22-52,53-23-9-3-10-24-53)54-25-11-4-12-26-54/h1-44H. The van der Waals surface area contributed by atoms with Gasteiger partial charge in [-0.05, 0) is 114 Å². The Hall–Kier alpha value is -8.24. The highest BCUT2D eigenvalue weighted by Crippen LogP contribution is 2.44. The van der Waals surface area contributed by atoms with E-state index in [2.05, 4.69) is 276 Å². The third-order valence-corrected chi connectivity index (χ3v) is 18.1. The summed E-state index contributed by atoms with van der Waals surface area (Å²) in [5.74, 6) is 0. The molecule has 0 aliphatic rings. The van der Waals surface area contributed by atoms with E-state index >= 15 is 0 Å². The molecule has 0 saturated carbocycles. The Labute approximate surface area is 380 Å². The average molecular weight is 845 g/mol. The van der Waals surface area contributed by atoms with Crippen LogP contribution in [0.3, 0.4) is 0 Å². The largest absolute Gasteiger partial charge is 0.310 e. The molecule has 0 aliphatic heterocycles. The third kappa shape index (κ3) is 6.47. The lowest BCUT2D eigenvalue weighted by atomic mass is 9.97. The summed E-state index contributed by atoms with van der Waals surface area (Å²) in [6.45, 7) is 0. The van der Waals surface area contributed by atoms with Gasteiger partial charge in [-0.3, -0.25) is 0 Å². The van der Waals surface area contributed by atoms with Crippen LogP contribution in [0.5, 0.6) is 0 Å². The van der Waals surface area contributed by atoms with E-state index in [-0.39, 0.29) is 0 Å². The lowest BCUT2D eigenvalue weighted by Crippen LogP contribution is -2.74. The Kier molecular flexibility index (Phi) is 9.55. The fraction of sp³-hybridized carbons (Fsp3) is 0. The van der Waals surface area contributed by atoms with Crippen LogP contribution in [0, 0.1) is 0 Å². The van der Waals surface area contributed by atoms with E-state index in [1.54, 1.807) is 0 Å². The van der Waals surface area contributed by atoms with E-state index in [4.69, 9.17) is 0 Å². The van der Waals surface area contributed by atoms with Crippen LogP contribution in [-0.4, -0.2) is 12.6 Å². The molecule has 0 N–H and O–H groups in total. The second-order valence-electron chi connectivity index (χ2n) is 16.9. The third-order valence-electron chi connectivity index (χ3n) is 13.3. The topological polar surface area (TPSA) is 8.17 Å². The average Bonchev–Trinajstić information content (AvgIpc) is 3.73. The Morgan fingerprint density at radius 3 is 1.43 bits per heavy atom. The predicted molar refractivity (Wildman–Crippen MR) is 280 cm³/mol. The van der Waals surface area contributed by atoms with Crippen molar-refractivity contribution in [2.45, 2.75) is 0 Å². The highest BCUT2D eigenvalue weighted by atomic mass is 28.3. The number of para-hydroxylation sites is 2. The Morgan fingerprint density at radius 2 is 0.785 bits per heavy atom. The molecule has 0 unspecified atom stereocenters. The molecule has 12 aromatic rings. The molecule has 12 rings (SSSR count). The van der Waals surface area contributed by atoms with Crippen molar-refractivity contribution in [2.24, 2.45) is 0 Å². The maximum absolute atomic E-state index is 2.73. The molecule has 0 fully saturated rings. The molecule has 65 heavy (non-hydrogen) atoms. The van der Waals surface area contributed by atoms with Crippen LogP contribution in [0.4, 0.5) is 17.1 Å². The van der Waals surface area contributed by atoms with Crippen LogP contribution in [0.2, 0.25) is 0 Å². The molecule has 1 aromatic heterocycles. The van der Waals surface area contributed by atoms with Crippen molar-refractivity contribution < 1.29 is 0 Å². The molecule has 3 heteroatoms. The maximum atomic E-state index is 2.46. The van der Waals surface area contributed by atoms with E-state index in [0.29, 0.717) is 0 Å². The van der Waals surface area contributed by atoms with E-state index in [0.717, 1.165) is 22.7 Å². The summed E-state index contributed by atoms with van der Waals surface area (Å²) in [6.07, 6.45) is 0. The van der Waals surface area contributed by atoms with E-state index < -0.39 is 8.07 Å². The van der Waals surface area contributed by atoms with Gasteiger partial charge in [0, 0.05) is 27.8 Å². The summed E-state index contributed by atoms with van der Waals surface area (Å²) in [7, 11) is -2.73. The summed E-state index contributed by atoms with van der Waals surface area (Å²) in [5, 5.41) is 12.9. The zero-order chi connectivity index (χ0) is 43.2. The lowest BCUT2D eigenvalue weighted by molar-refractivity contribution is 1.18. The van der Waals surface area contributed by atoms with Gasteiger partial charge in [0.15, 0.2) is 8.07 Å². The van der Waals surface area contributed by atoms with Crippen LogP contribution >= 0.6 is 0 Å². The van der Waals surface area contributed by atoms with Crippen LogP contribution in [0.1, 0.15) is 0 Å². The second-order valence-corrected chi connectivity index (χ2v) is 20.7. The minimum Gasteiger partial charge on any atom is -0.310 e. The van der Waals surface area contributed by atoms with Crippen molar-refractivity contribution in [2.75, 3.05) is 4.90 Å². The van der Waals surface area contributed by atoms with Gasteiger partial charge in [0.05, 0.1) is 16.7 Å². The number of fused-ring (bicyclic) bond motifs is 6. The summed E-state index contributed by atoms with van der Waals surface area (Å²) >= 11 is 0. The first-order valence-electron chi connectivity index (χ1n) is 22.4. The van der Waals surface area contributed by atoms with Gasteiger partial charge in [-0.25, -0.2) is 0 Å². The molecule has 0 spiro atoms. The number of rotatable bonds is 9. The summed E-state index contributed by atoms with van der Waals surface area (Å²) < 4.78 is 2.40. The van der Waals surface area contributed by atoms with Gasteiger partial charge in [-0.15, -0.1) is 0 Å². The van der Waals surface area contributed by atoms with Crippen molar-refractivity contribution in [1.29, 1.82) is 0 Å². The Bertz CT molecular complexity index is 3530. The van der Waals surface area contributed by atoms with Gasteiger partial charge in [0.1, 0.15) is 0 Å². The summed E-state index contributed by atoms with van der Waals surface area (Å²) in [6, 6.07) is 98.5. The van der Waals surface area contributed by atoms with Crippen LogP contribution in [0.15, 0.2) is 267 Å². The van der Waals surface area contributed by atoms with Crippen molar-refractivity contribution in [1.82, 2.24) is 4.57 Å². The molecule has 306 valence electrons. The second kappa shape index (κ2) is 16.1. The number of hydrogen-bond donors (Lipinski definition) is 0. The van der Waals surface area contributed by atoms with Crippen molar-refractivity contribution in [3.63, 3.8) is 0 Å². The first-order valence-corrected chi connectivity index (χ1v) is 24.4. The fourth-order valence-electron chi connectivity index (χ4n) is 10.4. The summed E-state index contributed by atoms with van der Waals surface area (Å²) in [5.41, 5.74) is 9.19. The molecule has 0 aliphatic carbocycles. The lowest BCUT2D eigenvalue weighted by Gasteiger charge is -2.35. The number of benzene rings is 11. The Morgan fingerprint density at radius 1 is 0.308 bits per heavy atom. The molecule has 0 amide bonds. The molecule has 0 radical (unpaired) electrons. The van der Waals surface area contributed by atoms with E-state index in [1.807, 2.05) is 0 Å². The smallest absolute Gasteiger partial charge is 0.179 e. The molecular weight excluding hydrogens is 801 g/mol. The van der Waals surface area contributed by atoms with Gasteiger partial charge in [-0.2, -0.15) is 0 Å². The molecule has 0 saturated heterocycles. The SMILES string of the molecule is c1ccc(-n2c3ccccc3c3c(N(c4ccc(-c5ccc6c(ccc7ccccc76)c5)cc4)c4ccc([Si](c5ccccc5)(c5ccccc5)c5ccccc5)cc4)cccc32)cc1. The van der Waals surface area contributed by atoms with Crippen molar-refractivity contribution >= 4 is 89.2 Å². The molecule has 0 bridgehead atoms. The van der Waals surface area contributed by atoms with Gasteiger partial charge in [0.25, 0.3) is 0 Å². The van der Waals surface area contributed by atoms with Gasteiger partial charge >= 0.3 is 0 Å². The molecule has 1 heterocycles. The zero-order valence-electron chi connectivity index (χ0n) is 35.8. The van der Waals surface area contributed by atoms with Crippen LogP contribution in [-0.2, 0) is 0 Å². The molecule has 11 aromatic carbocycles. The van der Waals surface area contributed by atoms with Crippen LogP contribution < -0.4 is 25.6 Å². The highest BCUT2D eigenvalue weighted by molar-refractivity contribution is 7.19. The Balaban J connectivity index is 1.05. The maximum Gasteiger partial charge on any atom is 0.179 e. The van der Waals surface area contributed by atoms with E-state index in [1.165, 1.54) is 75.2 Å². The monoisotopic (exact) mass is 844 g/mol. The minimum atomic E-state index is -2.73. The van der Waals surface area contributed by atoms with Crippen molar-refractivity contribution in [3.8, 4) is 16.8 Å². The molecular formula is C62H44N2Si. The number of nitrogens with zero attached hydrogens (tertiary/aromatic N) is 2. The normalized spacial score (nSPS) is 11.7. The minimum absolute atomic E-state index is 1.09. The van der Waals surface area contributed by atoms with Gasteiger partial charge in [0.2, 0.25) is 0 Å². The number of hydrogen-bond acceptors (Lipinski definition) is 1. The fourth-order valence-corrected chi connectivity index (χ4v) is 15.1. The van der Waals surface area contributed by atoms with Gasteiger partial charge in [-0.1, -0.05) is 206 Å². The molecule has 2 nitrogen and oxygen atoms in total. The number of anilines is 3. The summed E-state index contributed by atoms with van der Waals surface area (Å²) in [4.78, 5) is 2.46. The van der Waals surface area contributed by atoms with Gasteiger partial charge < -0.3 is 9.47 Å². The number of aromatic nitrogens is 1. The first-order chi connectivity index (χ1) is 32.3. The quantitative estimate of drug-likeness (QED) is 0.0798. The van der Waals surface area contributed by atoms with Crippen molar-refractivity contribution in [3.05, 3.63) is 267 Å². The zero-order valence-corrected chi connectivity index (χ0v) is 36.8. The predicted octanol–water partition coefficient (Wildman–Crippen LogP) is 13.6.